The van der Waals surface area contributed by atoms with Crippen molar-refractivity contribution in [3.05, 3.63) is 36.0 Å². The normalized spacial score (nSPS) is 16.6. The van der Waals surface area contributed by atoms with E-state index in [4.69, 9.17) is 14.5 Å². The van der Waals surface area contributed by atoms with E-state index >= 15 is 0 Å². The van der Waals surface area contributed by atoms with Crippen LogP contribution in [0, 0.1) is 0 Å². The fourth-order valence-electron chi connectivity index (χ4n) is 3.10. The zero-order valence-electron chi connectivity index (χ0n) is 17.6. The minimum atomic E-state index is -0.458. The Morgan fingerprint density at radius 3 is 2.48 bits per heavy atom. The van der Waals surface area contributed by atoms with E-state index in [-0.39, 0.29) is 11.7 Å². The maximum atomic E-state index is 12.2. The lowest BCUT2D eigenvalue weighted by atomic mass is 9.93. The van der Waals surface area contributed by atoms with Crippen LogP contribution in [0.15, 0.2) is 30.4 Å². The fourth-order valence-corrected chi connectivity index (χ4v) is 3.10. The number of hydrogen-bond donors (Lipinski definition) is 0. The summed E-state index contributed by atoms with van der Waals surface area (Å²) in [5, 5.41) is 0. The molecule has 0 N–H and O–H groups in total. The molecule has 1 amide bonds. The highest BCUT2D eigenvalue weighted by Gasteiger charge is 2.28. The van der Waals surface area contributed by atoms with Crippen LogP contribution in [-0.2, 0) is 4.74 Å². The first kappa shape index (κ1) is 21.3. The molecule has 0 saturated carbocycles. The van der Waals surface area contributed by atoms with Gasteiger partial charge in [-0.3, -0.25) is 0 Å². The molecule has 0 spiro atoms. The molecule has 1 fully saturated rings. The number of carbonyl (C=O) groups is 1. The molecule has 1 saturated heterocycles. The molecule has 27 heavy (non-hydrogen) atoms. The first-order valence-corrected chi connectivity index (χ1v) is 9.91. The molecule has 1 aromatic heterocycles. The highest BCUT2D eigenvalue weighted by atomic mass is 16.6. The number of carbonyl (C=O) groups excluding carboxylic acids is 1. The molecule has 0 aromatic carbocycles. The van der Waals surface area contributed by atoms with E-state index in [0.717, 1.165) is 25.0 Å². The molecular formula is C22H34N2O3. The number of hydrogen-bond acceptors (Lipinski definition) is 4. The number of aromatic nitrogens is 1. The summed E-state index contributed by atoms with van der Waals surface area (Å²) in [5.74, 6) is 0.981. The SMILES string of the molecule is CC/C=C\C(C)(C)Oc1cccc(C2CCN(C(=O)OC(C)(C)C)CC2)n1. The summed E-state index contributed by atoms with van der Waals surface area (Å²) in [4.78, 5) is 18.7. The third-order valence-electron chi connectivity index (χ3n) is 4.43. The number of rotatable bonds is 5. The van der Waals surface area contributed by atoms with E-state index in [1.165, 1.54) is 0 Å². The molecular weight excluding hydrogens is 340 g/mol. The minimum absolute atomic E-state index is 0.226. The van der Waals surface area contributed by atoms with Gasteiger partial charge in [0, 0.05) is 30.8 Å². The summed E-state index contributed by atoms with van der Waals surface area (Å²) in [5.41, 5.74) is 0.189. The van der Waals surface area contributed by atoms with Crippen molar-refractivity contribution < 1.29 is 14.3 Å². The average Bonchev–Trinajstić information content (AvgIpc) is 2.58. The molecule has 5 nitrogen and oxygen atoms in total. The number of ether oxygens (including phenoxy) is 2. The van der Waals surface area contributed by atoms with Crippen molar-refractivity contribution in [2.45, 2.75) is 77.9 Å². The van der Waals surface area contributed by atoms with E-state index in [1.807, 2.05) is 46.8 Å². The smallest absolute Gasteiger partial charge is 0.410 e. The van der Waals surface area contributed by atoms with Crippen molar-refractivity contribution in [2.24, 2.45) is 0 Å². The van der Waals surface area contributed by atoms with Crippen molar-refractivity contribution >= 4 is 6.09 Å². The lowest BCUT2D eigenvalue weighted by Crippen LogP contribution is -2.41. The van der Waals surface area contributed by atoms with E-state index in [2.05, 4.69) is 25.1 Å². The summed E-state index contributed by atoms with van der Waals surface area (Å²) in [7, 11) is 0. The maximum Gasteiger partial charge on any atom is 0.410 e. The van der Waals surface area contributed by atoms with Gasteiger partial charge in [-0.2, -0.15) is 0 Å². The predicted molar refractivity (Wildman–Crippen MR) is 108 cm³/mol. The highest BCUT2D eigenvalue weighted by Crippen LogP contribution is 2.29. The Morgan fingerprint density at radius 2 is 1.89 bits per heavy atom. The topological polar surface area (TPSA) is 51.7 Å². The Kier molecular flexibility index (Phi) is 6.90. The van der Waals surface area contributed by atoms with Gasteiger partial charge in [0.05, 0.1) is 0 Å². The maximum absolute atomic E-state index is 12.2. The molecule has 0 unspecified atom stereocenters. The number of nitrogens with zero attached hydrogens (tertiary/aromatic N) is 2. The quantitative estimate of drug-likeness (QED) is 0.655. The summed E-state index contributed by atoms with van der Waals surface area (Å²) in [6.07, 6.45) is 6.70. The van der Waals surface area contributed by atoms with Gasteiger partial charge in [0.25, 0.3) is 0 Å². The standard InChI is InChI=1S/C22H34N2O3/c1-7-8-14-22(5,6)26-19-11-9-10-18(23-19)17-12-15-24(16-13-17)20(25)27-21(2,3)4/h8-11,14,17H,7,12-13,15-16H2,1-6H3/b14-8-. The van der Waals surface area contributed by atoms with E-state index in [1.54, 1.807) is 4.90 Å². The van der Waals surface area contributed by atoms with Gasteiger partial charge in [-0.25, -0.2) is 9.78 Å². The van der Waals surface area contributed by atoms with Crippen LogP contribution < -0.4 is 4.74 Å². The lowest BCUT2D eigenvalue weighted by Gasteiger charge is -2.33. The summed E-state index contributed by atoms with van der Waals surface area (Å²) >= 11 is 0. The second-order valence-corrected chi connectivity index (χ2v) is 8.66. The Hall–Kier alpha value is -2.04. The van der Waals surface area contributed by atoms with Crippen molar-refractivity contribution in [2.75, 3.05) is 13.1 Å². The van der Waals surface area contributed by atoms with Crippen LogP contribution in [0.3, 0.4) is 0 Å². The van der Waals surface area contributed by atoms with E-state index in [0.29, 0.717) is 24.9 Å². The van der Waals surface area contributed by atoms with E-state index in [9.17, 15) is 4.79 Å². The largest absolute Gasteiger partial charge is 0.467 e. The first-order chi connectivity index (χ1) is 12.6. The zero-order valence-corrected chi connectivity index (χ0v) is 17.6. The van der Waals surface area contributed by atoms with Gasteiger partial charge in [-0.1, -0.05) is 19.1 Å². The van der Waals surface area contributed by atoms with Gasteiger partial charge in [0.15, 0.2) is 0 Å². The molecule has 0 atom stereocenters. The molecule has 2 rings (SSSR count). The summed E-state index contributed by atoms with van der Waals surface area (Å²) in [6.45, 7) is 13.2. The number of pyridine rings is 1. The Balaban J connectivity index is 1.97. The fraction of sp³-hybridized carbons (Fsp3) is 0.636. The van der Waals surface area contributed by atoms with E-state index < -0.39 is 5.60 Å². The number of amides is 1. The van der Waals surface area contributed by atoms with Crippen LogP contribution in [0.1, 0.15) is 72.4 Å². The molecule has 0 radical (unpaired) electrons. The van der Waals surface area contributed by atoms with Crippen LogP contribution in [0.5, 0.6) is 5.88 Å². The third-order valence-corrected chi connectivity index (χ3v) is 4.43. The van der Waals surface area contributed by atoms with Gasteiger partial charge in [0.2, 0.25) is 5.88 Å². The molecule has 150 valence electrons. The van der Waals surface area contributed by atoms with Gasteiger partial charge in [-0.15, -0.1) is 0 Å². The summed E-state index contributed by atoms with van der Waals surface area (Å²) < 4.78 is 11.5. The molecule has 1 aromatic rings. The molecule has 1 aliphatic heterocycles. The monoisotopic (exact) mass is 374 g/mol. The van der Waals surface area contributed by atoms with Gasteiger partial charge in [-0.05, 0) is 66.0 Å². The Labute approximate surface area is 163 Å². The molecule has 5 heteroatoms. The second-order valence-electron chi connectivity index (χ2n) is 8.66. The molecule has 0 bridgehead atoms. The molecule has 1 aliphatic rings. The van der Waals surface area contributed by atoms with Gasteiger partial charge in [0.1, 0.15) is 11.2 Å². The molecule has 2 heterocycles. The van der Waals surface area contributed by atoms with Crippen LogP contribution >= 0.6 is 0 Å². The Morgan fingerprint density at radius 1 is 1.22 bits per heavy atom. The zero-order chi connectivity index (χ0) is 20.1. The highest BCUT2D eigenvalue weighted by molar-refractivity contribution is 5.68. The number of allylic oxidation sites excluding steroid dienone is 1. The van der Waals surface area contributed by atoms with Gasteiger partial charge >= 0.3 is 6.09 Å². The van der Waals surface area contributed by atoms with Gasteiger partial charge < -0.3 is 14.4 Å². The predicted octanol–water partition coefficient (Wildman–Crippen LogP) is 5.32. The van der Waals surface area contributed by atoms with Crippen molar-refractivity contribution in [1.29, 1.82) is 0 Å². The average molecular weight is 375 g/mol. The molecule has 0 aliphatic carbocycles. The van der Waals surface area contributed by atoms with Crippen LogP contribution in [0.25, 0.3) is 0 Å². The first-order valence-electron chi connectivity index (χ1n) is 9.91. The Bertz CT molecular complexity index is 654. The van der Waals surface area contributed by atoms with Crippen LogP contribution in [0.2, 0.25) is 0 Å². The lowest BCUT2D eigenvalue weighted by molar-refractivity contribution is 0.0203. The summed E-state index contributed by atoms with van der Waals surface area (Å²) in [6, 6.07) is 5.95. The number of likely N-dealkylation sites (tertiary alicyclic amines) is 1. The number of piperidine rings is 1. The van der Waals surface area contributed by atoms with Crippen LogP contribution in [0.4, 0.5) is 4.79 Å². The van der Waals surface area contributed by atoms with Crippen molar-refractivity contribution in [1.82, 2.24) is 9.88 Å². The van der Waals surface area contributed by atoms with Crippen molar-refractivity contribution in [3.63, 3.8) is 0 Å². The van der Waals surface area contributed by atoms with Crippen molar-refractivity contribution in [3.8, 4) is 5.88 Å². The minimum Gasteiger partial charge on any atom is -0.467 e. The third kappa shape index (κ3) is 6.89. The second kappa shape index (κ2) is 8.77. The van der Waals surface area contributed by atoms with Crippen LogP contribution in [-0.4, -0.2) is 40.3 Å².